The molecule has 2 atom stereocenters. The summed E-state index contributed by atoms with van der Waals surface area (Å²) in [5.41, 5.74) is 4.79. The molecule has 0 bridgehead atoms. The number of phenolic OH excluding ortho intramolecular Hbond substituents is 1. The summed E-state index contributed by atoms with van der Waals surface area (Å²) in [5.74, 6) is 1.07. The molecule has 0 unspecified atom stereocenters. The van der Waals surface area contributed by atoms with Crippen LogP contribution in [-0.4, -0.2) is 30.6 Å². The summed E-state index contributed by atoms with van der Waals surface area (Å²) in [4.78, 5) is 13.4. The molecule has 28 heavy (non-hydrogen) atoms. The number of aromatic hydroxyl groups is 1. The monoisotopic (exact) mass is 379 g/mol. The number of carbonyl (C=O) groups excluding carboxylic acids is 1. The number of piperidine rings is 1. The van der Waals surface area contributed by atoms with Gasteiger partial charge in [0.2, 0.25) is 0 Å². The van der Waals surface area contributed by atoms with Gasteiger partial charge in [0.1, 0.15) is 12.0 Å². The fourth-order valence-electron chi connectivity index (χ4n) is 4.61. The average molecular weight is 380 g/mol. The second kappa shape index (κ2) is 7.96. The van der Waals surface area contributed by atoms with Crippen LogP contribution in [0.1, 0.15) is 49.3 Å². The number of hydrogen-bond donors (Lipinski definition) is 1. The van der Waals surface area contributed by atoms with Crippen LogP contribution in [0.25, 0.3) is 0 Å². The topological polar surface area (TPSA) is 49.8 Å². The summed E-state index contributed by atoms with van der Waals surface area (Å²) in [5, 5.41) is 9.85. The molecule has 4 nitrogen and oxygen atoms in total. The maximum Gasteiger partial charge on any atom is 0.123 e. The van der Waals surface area contributed by atoms with E-state index in [0.717, 1.165) is 37.8 Å². The molecular weight excluding hydrogens is 350 g/mol. The summed E-state index contributed by atoms with van der Waals surface area (Å²) in [6.45, 7) is 6.83. The van der Waals surface area contributed by atoms with Crippen LogP contribution < -0.4 is 4.90 Å². The second-order valence-corrected chi connectivity index (χ2v) is 8.43. The molecule has 2 aliphatic rings. The molecule has 0 aromatic heterocycles. The molecular formula is C24H29NO3. The van der Waals surface area contributed by atoms with Gasteiger partial charge < -0.3 is 19.5 Å². The molecule has 2 aromatic carbocycles. The van der Waals surface area contributed by atoms with Crippen molar-refractivity contribution in [2.45, 2.75) is 45.3 Å². The molecule has 148 valence electrons. The minimum atomic E-state index is 0.117. The zero-order valence-corrected chi connectivity index (χ0v) is 16.7. The van der Waals surface area contributed by atoms with Crippen molar-refractivity contribution >= 4 is 12.0 Å². The van der Waals surface area contributed by atoms with Gasteiger partial charge in [0.05, 0.1) is 12.7 Å². The number of fused-ring (bicyclic) bond motifs is 1. The van der Waals surface area contributed by atoms with Gasteiger partial charge in [0, 0.05) is 30.6 Å². The number of carbonyl (C=O) groups is 1. The number of benzene rings is 2. The Bertz CT molecular complexity index is 822. The van der Waals surface area contributed by atoms with Crippen LogP contribution in [-0.2, 0) is 16.1 Å². The SMILES string of the molecule is CC(C)[C@@H]1OCc2cc(O)ccc2[C@@H]1c1ccc(N2CCC(C=O)CC2)cc1. The van der Waals surface area contributed by atoms with Crippen molar-refractivity contribution in [3.8, 4) is 5.75 Å². The van der Waals surface area contributed by atoms with E-state index >= 15 is 0 Å². The number of hydrogen-bond acceptors (Lipinski definition) is 4. The van der Waals surface area contributed by atoms with E-state index in [2.05, 4.69) is 43.0 Å². The van der Waals surface area contributed by atoms with Crippen molar-refractivity contribution in [3.63, 3.8) is 0 Å². The lowest BCUT2D eigenvalue weighted by Gasteiger charge is -2.37. The lowest BCUT2D eigenvalue weighted by molar-refractivity contribution is -0.111. The molecule has 4 heteroatoms. The number of ether oxygens (including phenoxy) is 1. The Morgan fingerprint density at radius 2 is 1.82 bits per heavy atom. The van der Waals surface area contributed by atoms with Crippen molar-refractivity contribution in [3.05, 3.63) is 59.2 Å². The van der Waals surface area contributed by atoms with Gasteiger partial charge in [-0.1, -0.05) is 32.0 Å². The highest BCUT2D eigenvalue weighted by atomic mass is 16.5. The number of anilines is 1. The molecule has 0 spiro atoms. The zero-order chi connectivity index (χ0) is 19.7. The smallest absolute Gasteiger partial charge is 0.123 e. The molecule has 4 rings (SSSR count). The van der Waals surface area contributed by atoms with Crippen LogP contribution >= 0.6 is 0 Å². The first-order chi connectivity index (χ1) is 13.6. The lowest BCUT2D eigenvalue weighted by atomic mass is 9.78. The van der Waals surface area contributed by atoms with Gasteiger partial charge in [-0.05, 0) is 59.7 Å². The van der Waals surface area contributed by atoms with Crippen LogP contribution in [0.3, 0.4) is 0 Å². The quantitative estimate of drug-likeness (QED) is 0.795. The Morgan fingerprint density at radius 3 is 2.46 bits per heavy atom. The Balaban J connectivity index is 1.61. The predicted molar refractivity (Wildman–Crippen MR) is 111 cm³/mol. The minimum absolute atomic E-state index is 0.117. The van der Waals surface area contributed by atoms with E-state index in [0.29, 0.717) is 12.5 Å². The van der Waals surface area contributed by atoms with Gasteiger partial charge in [-0.25, -0.2) is 0 Å². The van der Waals surface area contributed by atoms with Crippen molar-refractivity contribution in [2.24, 2.45) is 11.8 Å². The van der Waals surface area contributed by atoms with E-state index in [4.69, 9.17) is 4.74 Å². The highest BCUT2D eigenvalue weighted by molar-refractivity contribution is 5.56. The van der Waals surface area contributed by atoms with Crippen molar-refractivity contribution in [1.29, 1.82) is 0 Å². The largest absolute Gasteiger partial charge is 0.508 e. The molecule has 0 radical (unpaired) electrons. The fourth-order valence-corrected chi connectivity index (χ4v) is 4.61. The second-order valence-electron chi connectivity index (χ2n) is 8.43. The predicted octanol–water partition coefficient (Wildman–Crippen LogP) is 4.49. The molecule has 0 amide bonds. The first-order valence-electron chi connectivity index (χ1n) is 10.3. The van der Waals surface area contributed by atoms with E-state index in [1.54, 1.807) is 6.07 Å². The molecule has 0 aliphatic carbocycles. The highest BCUT2D eigenvalue weighted by Crippen LogP contribution is 2.41. The van der Waals surface area contributed by atoms with Crippen LogP contribution in [0.4, 0.5) is 5.69 Å². The third kappa shape index (κ3) is 3.66. The molecule has 2 aromatic rings. The molecule has 2 aliphatic heterocycles. The van der Waals surface area contributed by atoms with Gasteiger partial charge in [-0.15, -0.1) is 0 Å². The number of aldehydes is 1. The van der Waals surface area contributed by atoms with Crippen molar-refractivity contribution < 1.29 is 14.6 Å². The fraction of sp³-hybridized carbons (Fsp3) is 0.458. The van der Waals surface area contributed by atoms with Crippen molar-refractivity contribution in [1.82, 2.24) is 0 Å². The van der Waals surface area contributed by atoms with Crippen LogP contribution in [0.15, 0.2) is 42.5 Å². The first kappa shape index (κ1) is 19.0. The van der Waals surface area contributed by atoms with Crippen LogP contribution in [0.2, 0.25) is 0 Å². The first-order valence-corrected chi connectivity index (χ1v) is 10.3. The van der Waals surface area contributed by atoms with E-state index in [1.807, 2.05) is 12.1 Å². The van der Waals surface area contributed by atoms with Gasteiger partial charge >= 0.3 is 0 Å². The third-order valence-corrected chi connectivity index (χ3v) is 6.23. The number of rotatable bonds is 4. The van der Waals surface area contributed by atoms with E-state index < -0.39 is 0 Å². The van der Waals surface area contributed by atoms with Gasteiger partial charge in [-0.2, -0.15) is 0 Å². The Morgan fingerprint density at radius 1 is 1.11 bits per heavy atom. The maximum absolute atomic E-state index is 11.0. The Kier molecular flexibility index (Phi) is 5.40. The van der Waals surface area contributed by atoms with E-state index in [1.165, 1.54) is 16.8 Å². The van der Waals surface area contributed by atoms with Gasteiger partial charge in [0.15, 0.2) is 0 Å². The molecule has 1 saturated heterocycles. The standard InChI is InChI=1S/C24H29NO3/c1-16(2)24-23(22-8-7-21(27)13-19(22)15-28-24)18-3-5-20(6-4-18)25-11-9-17(14-26)10-12-25/h3-8,13-14,16-17,23-24,27H,9-12,15H2,1-2H3/t23-,24-/m0/s1. The molecule has 0 saturated carbocycles. The van der Waals surface area contributed by atoms with Crippen LogP contribution in [0.5, 0.6) is 5.75 Å². The summed E-state index contributed by atoms with van der Waals surface area (Å²) >= 11 is 0. The van der Waals surface area contributed by atoms with E-state index in [9.17, 15) is 9.90 Å². The Labute approximate surface area is 167 Å². The summed E-state index contributed by atoms with van der Waals surface area (Å²) in [6, 6.07) is 14.5. The Hall–Kier alpha value is -2.33. The summed E-state index contributed by atoms with van der Waals surface area (Å²) in [7, 11) is 0. The number of nitrogens with zero attached hydrogens (tertiary/aromatic N) is 1. The maximum atomic E-state index is 11.0. The summed E-state index contributed by atoms with van der Waals surface area (Å²) in [6.07, 6.45) is 3.10. The van der Waals surface area contributed by atoms with Gasteiger partial charge in [0.25, 0.3) is 0 Å². The van der Waals surface area contributed by atoms with E-state index in [-0.39, 0.29) is 23.7 Å². The normalized spacial score (nSPS) is 22.9. The molecule has 1 fully saturated rings. The average Bonchev–Trinajstić information content (AvgIpc) is 2.73. The van der Waals surface area contributed by atoms with Crippen LogP contribution in [0, 0.1) is 11.8 Å². The minimum Gasteiger partial charge on any atom is -0.508 e. The number of phenols is 1. The van der Waals surface area contributed by atoms with Crippen molar-refractivity contribution in [2.75, 3.05) is 18.0 Å². The molecule has 1 N–H and O–H groups in total. The highest BCUT2D eigenvalue weighted by Gasteiger charge is 2.34. The summed E-state index contributed by atoms with van der Waals surface area (Å²) < 4.78 is 6.20. The third-order valence-electron chi connectivity index (χ3n) is 6.23. The lowest BCUT2D eigenvalue weighted by Crippen LogP contribution is -2.34. The molecule has 2 heterocycles. The van der Waals surface area contributed by atoms with Gasteiger partial charge in [-0.3, -0.25) is 0 Å². The zero-order valence-electron chi connectivity index (χ0n) is 16.7.